The van der Waals surface area contributed by atoms with Crippen molar-refractivity contribution in [2.45, 2.75) is 55.4 Å². The Kier molecular flexibility index (Phi) is 7.92. The lowest BCUT2D eigenvalue weighted by atomic mass is 9.95. The summed E-state index contributed by atoms with van der Waals surface area (Å²) in [6, 6.07) is 3.70. The van der Waals surface area contributed by atoms with Crippen molar-refractivity contribution in [3.63, 3.8) is 0 Å². The third kappa shape index (κ3) is 6.21. The second-order valence-corrected chi connectivity index (χ2v) is 11.2. The Hall–Kier alpha value is -2.70. The van der Waals surface area contributed by atoms with E-state index < -0.39 is 45.9 Å². The van der Waals surface area contributed by atoms with E-state index in [1.807, 2.05) is 13.8 Å². The summed E-state index contributed by atoms with van der Waals surface area (Å²) in [6.45, 7) is 3.91. The van der Waals surface area contributed by atoms with Crippen LogP contribution in [0.15, 0.2) is 44.5 Å². The first kappa shape index (κ1) is 24.9. The fourth-order valence-corrected chi connectivity index (χ4v) is 6.08. The molecule has 33 heavy (non-hydrogen) atoms. The number of amides is 3. The smallest absolute Gasteiger partial charge is 0.290 e. The zero-order chi connectivity index (χ0) is 24.2. The summed E-state index contributed by atoms with van der Waals surface area (Å²) in [5, 5.41) is 4.31. The third-order valence-electron chi connectivity index (χ3n) is 5.35. The van der Waals surface area contributed by atoms with E-state index >= 15 is 0 Å². The normalized spacial score (nSPS) is 19.9. The van der Waals surface area contributed by atoms with Gasteiger partial charge in [-0.15, -0.1) is 11.3 Å². The lowest BCUT2D eigenvalue weighted by Crippen LogP contribution is -2.59. The summed E-state index contributed by atoms with van der Waals surface area (Å²) >= 11 is 1.09. The quantitative estimate of drug-likeness (QED) is 0.476. The van der Waals surface area contributed by atoms with Gasteiger partial charge in [-0.2, -0.15) is 0 Å². The molecule has 3 amide bonds. The number of sulfonamides is 1. The van der Waals surface area contributed by atoms with Gasteiger partial charge in [-0.25, -0.2) is 13.1 Å². The van der Waals surface area contributed by atoms with Crippen LogP contribution < -0.4 is 15.8 Å². The van der Waals surface area contributed by atoms with E-state index in [-0.39, 0.29) is 28.9 Å². The maximum Gasteiger partial charge on any atom is 0.290 e. The minimum Gasteiger partial charge on any atom is -0.459 e. The first-order chi connectivity index (χ1) is 15.6. The highest BCUT2D eigenvalue weighted by molar-refractivity contribution is 7.91. The average molecular weight is 497 g/mol. The van der Waals surface area contributed by atoms with E-state index in [0.717, 1.165) is 11.3 Å². The topological polar surface area (TPSA) is 152 Å². The van der Waals surface area contributed by atoms with Crippen LogP contribution in [0.3, 0.4) is 0 Å². The predicted molar refractivity (Wildman–Crippen MR) is 122 cm³/mol. The Labute approximate surface area is 196 Å². The number of piperidine rings is 1. The largest absolute Gasteiger partial charge is 0.459 e. The van der Waals surface area contributed by atoms with Gasteiger partial charge in [-0.3, -0.25) is 14.4 Å². The molecule has 2 aromatic rings. The van der Waals surface area contributed by atoms with Crippen molar-refractivity contribution >= 4 is 39.1 Å². The predicted octanol–water partition coefficient (Wildman–Crippen LogP) is 1.31. The molecular formula is C21H28N4O6S2. The molecule has 0 saturated carbocycles. The fourth-order valence-electron chi connectivity index (χ4n) is 3.79. The fraction of sp³-hybridized carbons (Fsp3) is 0.476. The Balaban J connectivity index is 1.81. The van der Waals surface area contributed by atoms with Crippen LogP contribution >= 0.6 is 11.3 Å². The first-order valence-corrected chi connectivity index (χ1v) is 12.9. The minimum absolute atomic E-state index is 0.0377. The van der Waals surface area contributed by atoms with Gasteiger partial charge in [-0.1, -0.05) is 19.9 Å². The summed E-state index contributed by atoms with van der Waals surface area (Å²) in [5.74, 6) is -1.57. The lowest BCUT2D eigenvalue weighted by Gasteiger charge is -2.38. The molecule has 2 aromatic heterocycles. The number of likely N-dealkylation sites (tertiary alicyclic amines) is 1. The Morgan fingerprint density at radius 2 is 2.03 bits per heavy atom. The summed E-state index contributed by atoms with van der Waals surface area (Å²) in [5.41, 5.74) is 5.46. The standard InChI is InChI=1S/C21H28N4O6S2/c1-13(2)11-15(19(22)26)23-20(27)16-12-14(24-33(29,30)18-6-4-10-32-18)7-8-25(16)21(28)17-5-3-9-31-17/h3-6,9-10,13-16,24H,7-8,11-12H2,1-2H3,(H2,22,26)(H,23,27)/t14-,15+,16-/m0/s1. The van der Waals surface area contributed by atoms with Gasteiger partial charge < -0.3 is 20.4 Å². The number of primary amides is 1. The van der Waals surface area contributed by atoms with Crippen LogP contribution in [-0.2, 0) is 19.6 Å². The Morgan fingerprint density at radius 3 is 2.61 bits per heavy atom. The number of carbonyl (C=O) groups is 3. The van der Waals surface area contributed by atoms with Gasteiger partial charge in [0.2, 0.25) is 21.8 Å². The molecule has 1 aliphatic rings. The monoisotopic (exact) mass is 496 g/mol. The number of furan rings is 1. The molecule has 3 rings (SSSR count). The van der Waals surface area contributed by atoms with Gasteiger partial charge in [0.1, 0.15) is 16.3 Å². The third-order valence-corrected chi connectivity index (χ3v) is 8.26. The van der Waals surface area contributed by atoms with Crippen molar-refractivity contribution in [1.29, 1.82) is 0 Å². The van der Waals surface area contributed by atoms with Crippen molar-refractivity contribution in [3.05, 3.63) is 41.7 Å². The van der Waals surface area contributed by atoms with Gasteiger partial charge in [0.25, 0.3) is 5.91 Å². The number of hydrogen-bond donors (Lipinski definition) is 3. The van der Waals surface area contributed by atoms with Crippen molar-refractivity contribution in [1.82, 2.24) is 14.9 Å². The van der Waals surface area contributed by atoms with E-state index in [0.29, 0.717) is 12.8 Å². The molecule has 0 aromatic carbocycles. The van der Waals surface area contributed by atoms with Crippen LogP contribution in [0.25, 0.3) is 0 Å². The number of nitrogens with two attached hydrogens (primary N) is 1. The number of carbonyl (C=O) groups excluding carboxylic acids is 3. The molecule has 0 bridgehead atoms. The molecule has 0 unspecified atom stereocenters. The molecule has 12 heteroatoms. The molecule has 3 atom stereocenters. The molecule has 3 heterocycles. The number of nitrogens with zero attached hydrogens (tertiary/aromatic N) is 1. The summed E-state index contributed by atoms with van der Waals surface area (Å²) in [6.07, 6.45) is 2.05. The molecule has 0 aliphatic carbocycles. The van der Waals surface area contributed by atoms with E-state index in [1.165, 1.54) is 23.3 Å². The van der Waals surface area contributed by atoms with E-state index in [2.05, 4.69) is 10.0 Å². The lowest BCUT2D eigenvalue weighted by molar-refractivity contribution is -0.131. The summed E-state index contributed by atoms with van der Waals surface area (Å²) in [4.78, 5) is 39.4. The van der Waals surface area contributed by atoms with Crippen molar-refractivity contribution in [2.24, 2.45) is 11.7 Å². The van der Waals surface area contributed by atoms with E-state index in [1.54, 1.807) is 17.5 Å². The minimum atomic E-state index is -3.76. The zero-order valence-electron chi connectivity index (χ0n) is 18.4. The van der Waals surface area contributed by atoms with Crippen LogP contribution in [0, 0.1) is 5.92 Å². The average Bonchev–Trinajstić information content (AvgIpc) is 3.46. The molecule has 0 spiro atoms. The number of hydrogen-bond acceptors (Lipinski definition) is 7. The summed E-state index contributed by atoms with van der Waals surface area (Å²) in [7, 11) is -3.76. The van der Waals surface area contributed by atoms with E-state index in [4.69, 9.17) is 10.2 Å². The second-order valence-electron chi connectivity index (χ2n) is 8.36. The number of thiophene rings is 1. The highest BCUT2D eigenvalue weighted by Crippen LogP contribution is 2.24. The van der Waals surface area contributed by atoms with Crippen molar-refractivity contribution < 1.29 is 27.2 Å². The number of rotatable bonds is 9. The number of nitrogens with one attached hydrogen (secondary N) is 2. The Morgan fingerprint density at radius 1 is 1.27 bits per heavy atom. The molecule has 0 radical (unpaired) electrons. The molecule has 4 N–H and O–H groups in total. The highest BCUT2D eigenvalue weighted by atomic mass is 32.2. The first-order valence-electron chi connectivity index (χ1n) is 10.6. The molecule has 1 fully saturated rings. The van der Waals surface area contributed by atoms with Crippen LogP contribution in [0.2, 0.25) is 0 Å². The maximum absolute atomic E-state index is 13.2. The van der Waals surface area contributed by atoms with Gasteiger partial charge in [0.15, 0.2) is 5.76 Å². The van der Waals surface area contributed by atoms with Gasteiger partial charge in [0.05, 0.1) is 6.26 Å². The van der Waals surface area contributed by atoms with Crippen LogP contribution in [0.1, 0.15) is 43.7 Å². The van der Waals surface area contributed by atoms with Crippen LogP contribution in [0.5, 0.6) is 0 Å². The molecule has 1 aliphatic heterocycles. The van der Waals surface area contributed by atoms with Gasteiger partial charge >= 0.3 is 0 Å². The van der Waals surface area contributed by atoms with E-state index in [9.17, 15) is 22.8 Å². The molecular weight excluding hydrogens is 468 g/mol. The van der Waals surface area contributed by atoms with Gasteiger partial charge in [0, 0.05) is 12.6 Å². The summed E-state index contributed by atoms with van der Waals surface area (Å²) < 4.78 is 33.3. The SMILES string of the molecule is CC(C)C[C@@H](NC(=O)[C@@H]1C[C@@H](NS(=O)(=O)c2cccs2)CCN1C(=O)c1ccco1)C(N)=O. The van der Waals surface area contributed by atoms with Gasteiger partial charge in [-0.05, 0) is 48.8 Å². The molecule has 1 saturated heterocycles. The zero-order valence-corrected chi connectivity index (χ0v) is 20.0. The molecule has 180 valence electrons. The van der Waals surface area contributed by atoms with Crippen molar-refractivity contribution in [3.8, 4) is 0 Å². The Bertz CT molecular complexity index is 1070. The maximum atomic E-state index is 13.2. The molecule has 10 nitrogen and oxygen atoms in total. The highest BCUT2D eigenvalue weighted by Gasteiger charge is 2.39. The van der Waals surface area contributed by atoms with Crippen molar-refractivity contribution in [2.75, 3.05) is 6.54 Å². The second kappa shape index (κ2) is 10.5. The van der Waals surface area contributed by atoms with Crippen LogP contribution in [0.4, 0.5) is 0 Å². The van der Waals surface area contributed by atoms with Crippen LogP contribution in [-0.4, -0.2) is 55.7 Å².